The maximum absolute atomic E-state index is 14.5. The molecule has 0 saturated carbocycles. The van der Waals surface area contributed by atoms with Crippen molar-refractivity contribution in [1.29, 1.82) is 0 Å². The highest BCUT2D eigenvalue weighted by Crippen LogP contribution is 2.39. The van der Waals surface area contributed by atoms with Gasteiger partial charge in [-0.2, -0.15) is 11.3 Å². The highest BCUT2D eigenvalue weighted by atomic mass is 32.2. The van der Waals surface area contributed by atoms with Crippen molar-refractivity contribution in [2.75, 3.05) is 7.11 Å². The van der Waals surface area contributed by atoms with Crippen LogP contribution in [0.3, 0.4) is 0 Å². The molecule has 0 fully saturated rings. The fraction of sp³-hybridized carbons (Fsp3) is 0.0800. The lowest BCUT2D eigenvalue weighted by molar-refractivity contribution is 0.388. The number of ether oxygens (including phenoxy) is 1. The second kappa shape index (κ2) is 8.13. The van der Waals surface area contributed by atoms with Crippen LogP contribution in [0.5, 0.6) is 5.75 Å². The van der Waals surface area contributed by atoms with Gasteiger partial charge in [0.15, 0.2) is 17.2 Å². The fourth-order valence-electron chi connectivity index (χ4n) is 3.82. The van der Waals surface area contributed by atoms with Crippen LogP contribution in [0, 0.1) is 12.7 Å². The summed E-state index contributed by atoms with van der Waals surface area (Å²) in [4.78, 5) is 4.67. The molecule has 0 atom stereocenters. The van der Waals surface area contributed by atoms with E-state index >= 15 is 0 Å². The van der Waals surface area contributed by atoms with Crippen molar-refractivity contribution in [2.45, 2.75) is 11.8 Å². The largest absolute Gasteiger partial charge is 0.493 e. The van der Waals surface area contributed by atoms with Gasteiger partial charge in [0.1, 0.15) is 0 Å². The van der Waals surface area contributed by atoms with Crippen LogP contribution in [0.4, 0.5) is 4.39 Å². The van der Waals surface area contributed by atoms with Gasteiger partial charge in [-0.25, -0.2) is 21.8 Å². The molecule has 5 rings (SSSR count). The van der Waals surface area contributed by atoms with Crippen molar-refractivity contribution in [1.82, 2.24) is 8.96 Å². The van der Waals surface area contributed by atoms with Crippen molar-refractivity contribution >= 4 is 32.4 Å². The second-order valence-electron chi connectivity index (χ2n) is 7.58. The molecule has 8 heteroatoms. The van der Waals surface area contributed by atoms with Crippen LogP contribution in [0.25, 0.3) is 33.3 Å². The number of pyridine rings is 1. The van der Waals surface area contributed by atoms with Gasteiger partial charge in [0, 0.05) is 34.5 Å². The number of hydrogen-bond donors (Lipinski definition) is 0. The molecule has 0 aliphatic rings. The predicted molar refractivity (Wildman–Crippen MR) is 129 cm³/mol. The lowest BCUT2D eigenvalue weighted by atomic mass is 10.0. The molecule has 0 aliphatic carbocycles. The minimum Gasteiger partial charge on any atom is -0.493 e. The molecule has 2 aromatic carbocycles. The first kappa shape index (κ1) is 21.4. The van der Waals surface area contributed by atoms with Gasteiger partial charge in [-0.15, -0.1) is 0 Å². The van der Waals surface area contributed by atoms with Gasteiger partial charge in [-0.05, 0) is 53.6 Å². The van der Waals surface area contributed by atoms with Crippen molar-refractivity contribution < 1.29 is 17.5 Å². The summed E-state index contributed by atoms with van der Waals surface area (Å²) in [5, 5.41) is 4.53. The first-order valence-electron chi connectivity index (χ1n) is 10.1. The van der Waals surface area contributed by atoms with E-state index < -0.39 is 15.8 Å². The van der Waals surface area contributed by atoms with Crippen LogP contribution in [0.1, 0.15) is 5.56 Å². The molecule has 0 amide bonds. The molecular formula is C25H19FN2O3S2. The molecule has 166 valence electrons. The van der Waals surface area contributed by atoms with Crippen LogP contribution in [0.15, 0.2) is 82.6 Å². The quantitative estimate of drug-likeness (QED) is 0.305. The SMILES string of the molecule is COc1c(F)cccc1-c1cn(S(=O)(=O)c2ccc(C)cc2)c2ncc(-c3ccsc3)cc12. The fourth-order valence-corrected chi connectivity index (χ4v) is 5.81. The predicted octanol–water partition coefficient (Wildman–Crippen LogP) is 6.12. The van der Waals surface area contributed by atoms with Crippen LogP contribution < -0.4 is 4.74 Å². The number of benzene rings is 2. The molecule has 33 heavy (non-hydrogen) atoms. The van der Waals surface area contributed by atoms with Gasteiger partial charge >= 0.3 is 0 Å². The normalized spacial score (nSPS) is 11.7. The van der Waals surface area contributed by atoms with Crippen LogP contribution in [-0.2, 0) is 10.0 Å². The Morgan fingerprint density at radius 2 is 1.82 bits per heavy atom. The average molecular weight is 479 g/mol. The summed E-state index contributed by atoms with van der Waals surface area (Å²) >= 11 is 1.56. The summed E-state index contributed by atoms with van der Waals surface area (Å²) < 4.78 is 48.1. The maximum atomic E-state index is 14.5. The number of halogens is 1. The molecule has 3 heterocycles. The molecule has 0 spiro atoms. The standard InChI is InChI=1S/C25H19FN2O3S2/c1-16-6-8-19(9-7-16)33(29,30)28-14-22(20-4-3-5-23(26)24(20)31-2)21-12-18(13-27-25(21)28)17-10-11-32-15-17/h3-15H,1-2H3. The Labute approximate surface area is 194 Å². The molecule has 0 bridgehead atoms. The van der Waals surface area contributed by atoms with E-state index in [-0.39, 0.29) is 16.3 Å². The zero-order valence-electron chi connectivity index (χ0n) is 17.8. The number of thiophene rings is 1. The summed E-state index contributed by atoms with van der Waals surface area (Å²) in [5.74, 6) is -0.482. The molecule has 5 aromatic rings. The highest BCUT2D eigenvalue weighted by Gasteiger charge is 2.25. The molecule has 5 nitrogen and oxygen atoms in total. The third-order valence-corrected chi connectivity index (χ3v) is 7.85. The summed E-state index contributed by atoms with van der Waals surface area (Å²) in [6, 6.07) is 15.1. The monoisotopic (exact) mass is 478 g/mol. The Hall–Kier alpha value is -3.49. The molecule has 3 aromatic heterocycles. The minimum absolute atomic E-state index is 0.0465. The number of nitrogens with zero attached hydrogens (tertiary/aromatic N) is 2. The highest BCUT2D eigenvalue weighted by molar-refractivity contribution is 7.90. The summed E-state index contributed by atoms with van der Waals surface area (Å²) in [7, 11) is -2.56. The van der Waals surface area contributed by atoms with Gasteiger partial charge in [-0.3, -0.25) is 0 Å². The van der Waals surface area contributed by atoms with Gasteiger partial charge in [-0.1, -0.05) is 29.8 Å². The van der Waals surface area contributed by atoms with Crippen molar-refractivity contribution in [2.24, 2.45) is 0 Å². The van der Waals surface area contributed by atoms with Crippen molar-refractivity contribution in [3.63, 3.8) is 0 Å². The third-order valence-electron chi connectivity index (χ3n) is 5.51. The first-order chi connectivity index (χ1) is 15.9. The molecule has 0 aliphatic heterocycles. The van der Waals surface area contributed by atoms with Crippen LogP contribution >= 0.6 is 11.3 Å². The number of aryl methyl sites for hydroxylation is 1. The summed E-state index contributed by atoms with van der Waals surface area (Å²) in [6.07, 6.45) is 3.14. The smallest absolute Gasteiger partial charge is 0.269 e. The van der Waals surface area contributed by atoms with E-state index in [4.69, 9.17) is 4.74 Å². The lowest BCUT2D eigenvalue weighted by Crippen LogP contribution is -2.12. The number of aromatic nitrogens is 2. The van der Waals surface area contributed by atoms with Crippen LogP contribution in [-0.4, -0.2) is 24.5 Å². The summed E-state index contributed by atoms with van der Waals surface area (Å²) in [6.45, 7) is 1.89. The molecular weight excluding hydrogens is 459 g/mol. The Morgan fingerprint density at radius 3 is 2.52 bits per heavy atom. The van der Waals surface area contributed by atoms with Crippen molar-refractivity contribution in [3.05, 3.63) is 89.1 Å². The van der Waals surface area contributed by atoms with E-state index in [1.165, 1.54) is 19.4 Å². The number of hydrogen-bond acceptors (Lipinski definition) is 5. The van der Waals surface area contributed by atoms with E-state index in [0.29, 0.717) is 16.5 Å². The molecule has 0 N–H and O–H groups in total. The summed E-state index contributed by atoms with van der Waals surface area (Å²) in [5.41, 5.74) is 3.99. The van der Waals surface area contributed by atoms with Gasteiger partial charge in [0.2, 0.25) is 0 Å². The maximum Gasteiger partial charge on any atom is 0.269 e. The van der Waals surface area contributed by atoms with E-state index in [1.54, 1.807) is 53.9 Å². The van der Waals surface area contributed by atoms with Gasteiger partial charge in [0.05, 0.1) is 12.0 Å². The van der Waals surface area contributed by atoms with Gasteiger partial charge < -0.3 is 4.74 Å². The number of para-hydroxylation sites is 1. The lowest BCUT2D eigenvalue weighted by Gasteiger charge is -2.08. The van der Waals surface area contributed by atoms with E-state index in [9.17, 15) is 12.8 Å². The number of fused-ring (bicyclic) bond motifs is 1. The second-order valence-corrected chi connectivity index (χ2v) is 10.2. The average Bonchev–Trinajstić information content (AvgIpc) is 3.47. The Morgan fingerprint density at radius 1 is 1.03 bits per heavy atom. The van der Waals surface area contributed by atoms with Gasteiger partial charge in [0.25, 0.3) is 10.0 Å². The number of rotatable bonds is 5. The van der Waals surface area contributed by atoms with Crippen molar-refractivity contribution in [3.8, 4) is 28.0 Å². The molecule has 0 radical (unpaired) electrons. The van der Waals surface area contributed by atoms with E-state index in [0.717, 1.165) is 20.7 Å². The zero-order chi connectivity index (χ0) is 23.2. The topological polar surface area (TPSA) is 61.2 Å². The molecule has 0 saturated heterocycles. The number of methoxy groups -OCH3 is 1. The Bertz CT molecular complexity index is 1570. The first-order valence-corrected chi connectivity index (χ1v) is 12.5. The van der Waals surface area contributed by atoms with E-state index in [1.807, 2.05) is 29.8 Å². The molecule has 0 unspecified atom stereocenters. The Kier molecular flexibility index (Phi) is 5.26. The zero-order valence-corrected chi connectivity index (χ0v) is 19.5. The van der Waals surface area contributed by atoms with Crippen LogP contribution in [0.2, 0.25) is 0 Å². The third kappa shape index (κ3) is 3.61. The Balaban J connectivity index is 1.82. The van der Waals surface area contributed by atoms with E-state index in [2.05, 4.69) is 4.98 Å². The minimum atomic E-state index is -3.94.